The van der Waals surface area contributed by atoms with Crippen LogP contribution in [-0.2, 0) is 32.3 Å². The topological polar surface area (TPSA) is 96.0 Å². The maximum Gasteiger partial charge on any atom is 0.416 e. The van der Waals surface area contributed by atoms with Gasteiger partial charge in [-0.05, 0) is 49.2 Å². The molecular formula is C24H30F3N3O5S. The Morgan fingerprint density at radius 2 is 1.78 bits per heavy atom. The highest BCUT2D eigenvalue weighted by Gasteiger charge is 2.32. The van der Waals surface area contributed by atoms with Crippen LogP contribution in [0.25, 0.3) is 0 Å². The molecule has 0 unspecified atom stereocenters. The summed E-state index contributed by atoms with van der Waals surface area (Å²) in [4.78, 5) is 26.8. The second-order valence-corrected chi connectivity index (χ2v) is 10.1. The summed E-state index contributed by atoms with van der Waals surface area (Å²) in [5.41, 5.74) is -0.402. The molecule has 0 fully saturated rings. The zero-order chi connectivity index (χ0) is 27.1. The average molecular weight is 530 g/mol. The van der Waals surface area contributed by atoms with Crippen LogP contribution in [0.1, 0.15) is 30.9 Å². The minimum atomic E-state index is -4.63. The first-order chi connectivity index (χ1) is 16.8. The molecule has 2 rings (SSSR count). The highest BCUT2D eigenvalue weighted by Crippen LogP contribution is 2.32. The van der Waals surface area contributed by atoms with Crippen molar-refractivity contribution in [3.63, 3.8) is 0 Å². The molecule has 2 amide bonds. The van der Waals surface area contributed by atoms with E-state index >= 15 is 0 Å². The number of rotatable bonds is 11. The molecule has 0 heterocycles. The zero-order valence-corrected chi connectivity index (χ0v) is 21.3. The van der Waals surface area contributed by atoms with Crippen LogP contribution in [0.2, 0.25) is 0 Å². The summed E-state index contributed by atoms with van der Waals surface area (Å²) in [5.74, 6) is -0.211. The first-order valence-corrected chi connectivity index (χ1v) is 12.9. The Kier molecular flexibility index (Phi) is 9.74. The van der Waals surface area contributed by atoms with Crippen LogP contribution in [0.5, 0.6) is 5.75 Å². The number of methoxy groups -OCH3 is 1. The van der Waals surface area contributed by atoms with Gasteiger partial charge in [-0.2, -0.15) is 13.2 Å². The highest BCUT2D eigenvalue weighted by molar-refractivity contribution is 7.92. The van der Waals surface area contributed by atoms with Crippen LogP contribution in [0.15, 0.2) is 48.5 Å². The summed E-state index contributed by atoms with van der Waals surface area (Å²) in [7, 11) is -0.968. The number of carbonyl (C=O) groups excluding carboxylic acids is 2. The fourth-order valence-corrected chi connectivity index (χ4v) is 4.56. The summed E-state index contributed by atoms with van der Waals surface area (Å²) in [6.07, 6.45) is -3.85. The average Bonchev–Trinajstić information content (AvgIpc) is 2.83. The predicted octanol–water partition coefficient (Wildman–Crippen LogP) is 3.42. The molecule has 1 N–H and O–H groups in total. The van der Waals surface area contributed by atoms with Crippen molar-refractivity contribution >= 4 is 27.5 Å². The molecule has 36 heavy (non-hydrogen) atoms. The van der Waals surface area contributed by atoms with E-state index in [2.05, 4.69) is 5.32 Å². The Morgan fingerprint density at radius 1 is 1.11 bits per heavy atom. The standard InChI is InChI=1S/C24H30F3N3O5S/c1-17(23(32)28-2)29(16-18-8-5-11-21(14-18)35-3)22(31)12-7-13-30(36(4,33)34)20-10-6-9-19(15-20)24(25,26)27/h5-6,8-11,14-15,17H,7,12-13,16H2,1-4H3,(H,28,32)/t17-/m1/s1. The third-order valence-electron chi connectivity index (χ3n) is 5.51. The van der Waals surface area contributed by atoms with Crippen molar-refractivity contribution in [3.8, 4) is 5.75 Å². The summed E-state index contributed by atoms with van der Waals surface area (Å²) in [5, 5.41) is 2.50. The van der Waals surface area contributed by atoms with Crippen LogP contribution in [0.3, 0.4) is 0 Å². The number of likely N-dealkylation sites (N-methyl/N-ethyl adjacent to an activating group) is 1. The van der Waals surface area contributed by atoms with E-state index in [9.17, 15) is 31.2 Å². The largest absolute Gasteiger partial charge is 0.497 e. The summed E-state index contributed by atoms with van der Waals surface area (Å²) < 4.78 is 70.0. The molecule has 0 aliphatic carbocycles. The maximum absolute atomic E-state index is 13.1. The van der Waals surface area contributed by atoms with Crippen LogP contribution >= 0.6 is 0 Å². The van der Waals surface area contributed by atoms with Crippen LogP contribution < -0.4 is 14.4 Å². The van der Waals surface area contributed by atoms with Gasteiger partial charge >= 0.3 is 6.18 Å². The quantitative estimate of drug-likeness (QED) is 0.481. The van der Waals surface area contributed by atoms with Gasteiger partial charge < -0.3 is 15.0 Å². The number of carbonyl (C=O) groups is 2. The second-order valence-electron chi connectivity index (χ2n) is 8.15. The second kappa shape index (κ2) is 12.1. The molecule has 0 radical (unpaired) electrons. The van der Waals surface area contributed by atoms with Gasteiger partial charge in [0.15, 0.2) is 0 Å². The number of hydrogen-bond acceptors (Lipinski definition) is 5. The van der Waals surface area contributed by atoms with E-state index in [0.29, 0.717) is 5.75 Å². The normalized spacial score (nSPS) is 12.5. The number of amides is 2. The molecule has 198 valence electrons. The number of benzene rings is 2. The number of sulfonamides is 1. The Morgan fingerprint density at radius 3 is 2.36 bits per heavy atom. The van der Waals surface area contributed by atoms with E-state index in [1.54, 1.807) is 31.2 Å². The first kappa shape index (κ1) is 29.0. The Hall–Kier alpha value is -3.28. The number of ether oxygens (including phenoxy) is 1. The van der Waals surface area contributed by atoms with Crippen molar-refractivity contribution in [2.24, 2.45) is 0 Å². The minimum Gasteiger partial charge on any atom is -0.497 e. The Labute approximate surface area is 209 Å². The van der Waals surface area contributed by atoms with Gasteiger partial charge in [-0.1, -0.05) is 18.2 Å². The number of nitrogens with one attached hydrogen (secondary N) is 1. The van der Waals surface area contributed by atoms with Crippen molar-refractivity contribution < 1.29 is 35.9 Å². The highest BCUT2D eigenvalue weighted by atomic mass is 32.2. The number of nitrogens with zero attached hydrogens (tertiary/aromatic N) is 2. The van der Waals surface area contributed by atoms with Crippen LogP contribution in [-0.4, -0.2) is 58.1 Å². The SMILES string of the molecule is CNC(=O)[C@@H](C)N(Cc1cccc(OC)c1)C(=O)CCCN(c1cccc(C(F)(F)F)c1)S(C)(=O)=O. The molecule has 1 atom stereocenters. The van der Waals surface area contributed by atoms with E-state index in [0.717, 1.165) is 34.3 Å². The van der Waals surface area contributed by atoms with Gasteiger partial charge in [-0.15, -0.1) is 0 Å². The van der Waals surface area contributed by atoms with Crippen molar-refractivity contribution in [1.29, 1.82) is 0 Å². The fourth-order valence-electron chi connectivity index (χ4n) is 3.60. The van der Waals surface area contributed by atoms with Crippen LogP contribution in [0.4, 0.5) is 18.9 Å². The molecule has 0 spiro atoms. The maximum atomic E-state index is 13.1. The number of hydrogen-bond donors (Lipinski definition) is 1. The smallest absolute Gasteiger partial charge is 0.416 e. The molecule has 0 aliphatic rings. The van der Waals surface area contributed by atoms with Crippen molar-refractivity contribution in [3.05, 3.63) is 59.7 Å². The van der Waals surface area contributed by atoms with Gasteiger partial charge in [-0.25, -0.2) is 8.42 Å². The van der Waals surface area contributed by atoms with Crippen molar-refractivity contribution in [2.75, 3.05) is 31.3 Å². The van der Waals surface area contributed by atoms with Gasteiger partial charge in [0.2, 0.25) is 21.8 Å². The molecule has 0 saturated carbocycles. The van der Waals surface area contributed by atoms with Crippen LogP contribution in [0, 0.1) is 0 Å². The Balaban J connectivity index is 2.21. The van der Waals surface area contributed by atoms with Crippen molar-refractivity contribution in [1.82, 2.24) is 10.2 Å². The summed E-state index contributed by atoms with van der Waals surface area (Å²) >= 11 is 0. The van der Waals surface area contributed by atoms with Crippen molar-refractivity contribution in [2.45, 2.75) is 38.5 Å². The lowest BCUT2D eigenvalue weighted by Crippen LogP contribution is -2.46. The molecular weight excluding hydrogens is 499 g/mol. The molecule has 2 aromatic carbocycles. The molecule has 8 nitrogen and oxygen atoms in total. The zero-order valence-electron chi connectivity index (χ0n) is 20.5. The lowest BCUT2D eigenvalue weighted by Gasteiger charge is -2.29. The van der Waals surface area contributed by atoms with Gasteiger partial charge in [0.25, 0.3) is 0 Å². The van der Waals surface area contributed by atoms with E-state index in [-0.39, 0.29) is 37.5 Å². The number of anilines is 1. The third kappa shape index (κ3) is 7.87. The Bertz CT molecular complexity index is 1170. The van der Waals surface area contributed by atoms with E-state index in [4.69, 9.17) is 4.74 Å². The summed E-state index contributed by atoms with van der Waals surface area (Å²) in [6.45, 7) is 1.46. The first-order valence-electron chi connectivity index (χ1n) is 11.1. The third-order valence-corrected chi connectivity index (χ3v) is 6.71. The predicted molar refractivity (Wildman–Crippen MR) is 130 cm³/mol. The molecule has 0 aliphatic heterocycles. The summed E-state index contributed by atoms with van der Waals surface area (Å²) in [6, 6.07) is 10.2. The molecule has 2 aromatic rings. The van der Waals surface area contributed by atoms with E-state index < -0.39 is 33.7 Å². The van der Waals surface area contributed by atoms with Gasteiger partial charge in [0.1, 0.15) is 11.8 Å². The number of alkyl halides is 3. The van der Waals surface area contributed by atoms with E-state index in [1.807, 2.05) is 0 Å². The van der Waals surface area contributed by atoms with Gasteiger partial charge in [-0.3, -0.25) is 13.9 Å². The van der Waals surface area contributed by atoms with E-state index in [1.165, 1.54) is 25.1 Å². The fraction of sp³-hybridized carbons (Fsp3) is 0.417. The number of halogens is 3. The molecule has 12 heteroatoms. The van der Waals surface area contributed by atoms with Gasteiger partial charge in [0, 0.05) is 26.6 Å². The molecule has 0 bridgehead atoms. The monoisotopic (exact) mass is 529 g/mol. The lowest BCUT2D eigenvalue weighted by molar-refractivity contribution is -0.140. The lowest BCUT2D eigenvalue weighted by atomic mass is 10.1. The minimum absolute atomic E-state index is 0.0250. The van der Waals surface area contributed by atoms with Gasteiger partial charge in [0.05, 0.1) is 24.6 Å². The molecule has 0 aromatic heterocycles. The molecule has 0 saturated heterocycles.